The summed E-state index contributed by atoms with van der Waals surface area (Å²) >= 11 is 3.23. The third-order valence-electron chi connectivity index (χ3n) is 1.34. The van der Waals surface area contributed by atoms with Crippen LogP contribution in [0.2, 0.25) is 0 Å². The lowest BCUT2D eigenvalue weighted by Crippen LogP contribution is -2.37. The van der Waals surface area contributed by atoms with E-state index in [1.54, 1.807) is 13.8 Å². The summed E-state index contributed by atoms with van der Waals surface area (Å²) in [5.74, 6) is 0.349. The second kappa shape index (κ2) is 3.82. The summed E-state index contributed by atoms with van der Waals surface area (Å²) in [7, 11) is 0. The Morgan fingerprint density at radius 2 is 2.38 bits per heavy atom. The zero-order valence-corrected chi connectivity index (χ0v) is 8.92. The molecular weight excluding hydrogens is 238 g/mol. The lowest BCUT2D eigenvalue weighted by molar-refractivity contribution is -0.122. The maximum absolute atomic E-state index is 11.3. The van der Waals surface area contributed by atoms with E-state index in [0.717, 1.165) is 0 Å². The number of rotatable bonds is 3. The maximum Gasteiger partial charge on any atom is 0.236 e. The fourth-order valence-electron chi connectivity index (χ4n) is 0.627. The molecule has 1 heterocycles. The summed E-state index contributed by atoms with van der Waals surface area (Å²) in [6.07, 6.45) is 0. The van der Waals surface area contributed by atoms with Gasteiger partial charge in [-0.2, -0.15) is 5.21 Å². The van der Waals surface area contributed by atoms with Crippen LogP contribution < -0.4 is 5.32 Å². The van der Waals surface area contributed by atoms with Crippen LogP contribution in [0.5, 0.6) is 0 Å². The Hall–Kier alpha value is -0.980. The Morgan fingerprint density at radius 3 is 2.85 bits per heavy atom. The number of tetrazole rings is 1. The summed E-state index contributed by atoms with van der Waals surface area (Å²) in [5.41, 5.74) is 0. The van der Waals surface area contributed by atoms with Crippen molar-refractivity contribution in [2.24, 2.45) is 0 Å². The molecule has 72 valence electrons. The van der Waals surface area contributed by atoms with Crippen LogP contribution in [0.15, 0.2) is 0 Å². The molecule has 0 radical (unpaired) electrons. The molecule has 1 amide bonds. The van der Waals surface area contributed by atoms with E-state index >= 15 is 0 Å². The fraction of sp³-hybridized carbons (Fsp3) is 0.667. The van der Waals surface area contributed by atoms with Crippen molar-refractivity contribution in [2.75, 3.05) is 0 Å². The molecule has 13 heavy (non-hydrogen) atoms. The van der Waals surface area contributed by atoms with Crippen molar-refractivity contribution in [1.82, 2.24) is 25.9 Å². The first-order valence-electron chi connectivity index (χ1n) is 3.69. The van der Waals surface area contributed by atoms with Gasteiger partial charge in [0.2, 0.25) is 5.91 Å². The molecule has 0 unspecified atom stereocenters. The number of carbonyl (C=O) groups is 1. The molecule has 0 saturated heterocycles. The van der Waals surface area contributed by atoms with Gasteiger partial charge >= 0.3 is 0 Å². The van der Waals surface area contributed by atoms with Gasteiger partial charge in [0.15, 0.2) is 5.82 Å². The lowest BCUT2D eigenvalue weighted by atomic mass is 10.2. The van der Waals surface area contributed by atoms with Gasteiger partial charge in [-0.3, -0.25) is 4.79 Å². The van der Waals surface area contributed by atoms with E-state index in [1.807, 2.05) is 0 Å². The van der Waals surface area contributed by atoms with Crippen LogP contribution in [0.25, 0.3) is 0 Å². The van der Waals surface area contributed by atoms with E-state index in [2.05, 4.69) is 41.9 Å². The molecule has 6 nitrogen and oxygen atoms in total. The van der Waals surface area contributed by atoms with Gasteiger partial charge in [0.05, 0.1) is 10.9 Å². The van der Waals surface area contributed by atoms with Gasteiger partial charge in [-0.15, -0.1) is 10.2 Å². The Kier molecular flexibility index (Phi) is 2.97. The number of alkyl halides is 1. The highest BCUT2D eigenvalue weighted by molar-refractivity contribution is 9.10. The first-order valence-corrected chi connectivity index (χ1v) is 4.49. The predicted molar refractivity (Wildman–Crippen MR) is 49.0 cm³/mol. The SMILES string of the molecule is CC(C)(Br)C(=O)NCc1nn[nH]n1. The molecule has 2 N–H and O–H groups in total. The second-order valence-electron chi connectivity index (χ2n) is 2.98. The topological polar surface area (TPSA) is 83.6 Å². The maximum atomic E-state index is 11.3. The number of H-pyrrole nitrogens is 1. The van der Waals surface area contributed by atoms with Crippen LogP contribution in [0, 0.1) is 0 Å². The molecule has 1 aromatic rings. The highest BCUT2D eigenvalue weighted by Crippen LogP contribution is 2.15. The molecule has 0 aromatic carbocycles. The zero-order valence-electron chi connectivity index (χ0n) is 7.33. The average Bonchev–Trinajstić information content (AvgIpc) is 2.50. The molecule has 7 heteroatoms. The van der Waals surface area contributed by atoms with Crippen LogP contribution >= 0.6 is 15.9 Å². The van der Waals surface area contributed by atoms with E-state index in [4.69, 9.17) is 0 Å². The van der Waals surface area contributed by atoms with E-state index < -0.39 is 4.32 Å². The number of hydrogen-bond acceptors (Lipinski definition) is 4. The van der Waals surface area contributed by atoms with Gasteiger partial charge in [0.25, 0.3) is 0 Å². The van der Waals surface area contributed by atoms with E-state index in [1.165, 1.54) is 0 Å². The zero-order chi connectivity index (χ0) is 9.90. The minimum atomic E-state index is -0.573. The summed E-state index contributed by atoms with van der Waals surface area (Å²) < 4.78 is -0.573. The van der Waals surface area contributed by atoms with Gasteiger partial charge in [-0.1, -0.05) is 21.1 Å². The van der Waals surface area contributed by atoms with E-state index in [-0.39, 0.29) is 12.5 Å². The summed E-state index contributed by atoms with van der Waals surface area (Å²) in [4.78, 5) is 11.3. The molecule has 0 aliphatic heterocycles. The molecule has 0 aliphatic carbocycles. The molecule has 0 spiro atoms. The lowest BCUT2D eigenvalue weighted by Gasteiger charge is -2.14. The highest BCUT2D eigenvalue weighted by Gasteiger charge is 2.23. The Balaban J connectivity index is 2.40. The van der Waals surface area contributed by atoms with E-state index in [0.29, 0.717) is 5.82 Å². The van der Waals surface area contributed by atoms with Crippen molar-refractivity contribution >= 4 is 21.8 Å². The first-order chi connectivity index (χ1) is 6.00. The third-order valence-corrected chi connectivity index (χ3v) is 1.70. The number of nitrogens with one attached hydrogen (secondary N) is 2. The van der Waals surface area contributed by atoms with Gasteiger partial charge in [-0.05, 0) is 13.8 Å². The Morgan fingerprint density at radius 1 is 1.69 bits per heavy atom. The predicted octanol–water partition coefficient (Wildman–Crippen LogP) is -0.0106. The van der Waals surface area contributed by atoms with Gasteiger partial charge < -0.3 is 5.32 Å². The van der Waals surface area contributed by atoms with Crippen LogP contribution in [-0.4, -0.2) is 30.9 Å². The van der Waals surface area contributed by atoms with Crippen molar-refractivity contribution in [3.8, 4) is 0 Å². The number of carbonyl (C=O) groups excluding carboxylic acids is 1. The van der Waals surface area contributed by atoms with Gasteiger partial charge in [-0.25, -0.2) is 0 Å². The largest absolute Gasteiger partial charge is 0.347 e. The molecule has 0 atom stereocenters. The second-order valence-corrected chi connectivity index (χ2v) is 4.97. The van der Waals surface area contributed by atoms with Crippen LogP contribution in [0.3, 0.4) is 0 Å². The number of halogens is 1. The average molecular weight is 248 g/mol. The first kappa shape index (κ1) is 10.1. The van der Waals surface area contributed by atoms with Crippen molar-refractivity contribution in [3.05, 3.63) is 5.82 Å². The molecule has 0 aliphatic rings. The smallest absolute Gasteiger partial charge is 0.236 e. The highest BCUT2D eigenvalue weighted by atomic mass is 79.9. The summed E-state index contributed by atoms with van der Waals surface area (Å²) in [6, 6.07) is 0. The number of nitrogens with zero attached hydrogens (tertiary/aromatic N) is 3. The van der Waals surface area contributed by atoms with E-state index in [9.17, 15) is 4.79 Å². The fourth-order valence-corrected chi connectivity index (χ4v) is 0.767. The van der Waals surface area contributed by atoms with Gasteiger partial charge in [0.1, 0.15) is 0 Å². The summed E-state index contributed by atoms with van der Waals surface area (Å²) in [5, 5.41) is 15.7. The molecule has 0 bridgehead atoms. The normalized spacial score (nSPS) is 11.3. The van der Waals surface area contributed by atoms with Crippen LogP contribution in [-0.2, 0) is 11.3 Å². The molecule has 1 aromatic heterocycles. The minimum absolute atomic E-state index is 0.114. The number of amides is 1. The molecule has 0 saturated carbocycles. The van der Waals surface area contributed by atoms with Crippen molar-refractivity contribution in [2.45, 2.75) is 24.7 Å². The standard InChI is InChI=1S/C6H10BrN5O/c1-6(2,7)5(13)8-3-4-9-11-12-10-4/h3H2,1-2H3,(H,8,13)(H,9,10,11,12). The van der Waals surface area contributed by atoms with Crippen molar-refractivity contribution in [3.63, 3.8) is 0 Å². The van der Waals surface area contributed by atoms with Gasteiger partial charge in [0, 0.05) is 0 Å². The van der Waals surface area contributed by atoms with Crippen LogP contribution in [0.1, 0.15) is 19.7 Å². The quantitative estimate of drug-likeness (QED) is 0.737. The number of aromatic amines is 1. The minimum Gasteiger partial charge on any atom is -0.347 e. The Labute approximate surface area is 83.6 Å². The summed E-state index contributed by atoms with van der Waals surface area (Å²) in [6.45, 7) is 3.81. The number of aromatic nitrogens is 4. The van der Waals surface area contributed by atoms with Crippen molar-refractivity contribution < 1.29 is 4.79 Å². The Bertz CT molecular complexity index is 278. The third kappa shape index (κ3) is 3.10. The molecule has 1 rings (SSSR count). The van der Waals surface area contributed by atoms with Crippen molar-refractivity contribution in [1.29, 1.82) is 0 Å². The molecular formula is C6H10BrN5O. The monoisotopic (exact) mass is 247 g/mol. The van der Waals surface area contributed by atoms with Crippen LogP contribution in [0.4, 0.5) is 0 Å². The molecule has 0 fully saturated rings. The number of hydrogen-bond donors (Lipinski definition) is 2.